The van der Waals surface area contributed by atoms with Gasteiger partial charge in [0.1, 0.15) is 0 Å². The van der Waals surface area contributed by atoms with E-state index in [1.54, 1.807) is 30.8 Å². The van der Waals surface area contributed by atoms with E-state index in [1.165, 1.54) is 0 Å². The Morgan fingerprint density at radius 2 is 2.12 bits per heavy atom. The fourth-order valence-corrected chi connectivity index (χ4v) is 1.91. The Kier molecular flexibility index (Phi) is 8.70. The van der Waals surface area contributed by atoms with Crippen molar-refractivity contribution in [2.45, 2.75) is 31.8 Å². The number of thioether (sulfide) groups is 1. The molecule has 96 valence electrons. The summed E-state index contributed by atoms with van der Waals surface area (Å²) < 4.78 is 0. The van der Waals surface area contributed by atoms with Gasteiger partial charge in [0.15, 0.2) is 0 Å². The van der Waals surface area contributed by atoms with E-state index < -0.39 is 0 Å². The third kappa shape index (κ3) is 7.09. The maximum atomic E-state index is 11.5. The molecule has 0 saturated heterocycles. The number of carbonyl (C=O) groups is 1. The molecule has 5 heteroatoms. The van der Waals surface area contributed by atoms with E-state index >= 15 is 0 Å². The van der Waals surface area contributed by atoms with Gasteiger partial charge in [0, 0.05) is 32.6 Å². The van der Waals surface area contributed by atoms with Gasteiger partial charge in [0.25, 0.3) is 0 Å². The Bertz CT molecular complexity index is 200. The highest BCUT2D eigenvalue weighted by Gasteiger charge is 2.14. The quantitative estimate of drug-likeness (QED) is 0.659. The van der Waals surface area contributed by atoms with Gasteiger partial charge in [0.05, 0.1) is 6.61 Å². The van der Waals surface area contributed by atoms with Crippen LogP contribution >= 0.6 is 11.8 Å². The minimum atomic E-state index is 0.0948. The molecule has 0 aliphatic heterocycles. The first-order chi connectivity index (χ1) is 7.51. The summed E-state index contributed by atoms with van der Waals surface area (Å²) in [4.78, 5) is 13.0. The Balaban J connectivity index is 3.90. The standard InChI is InChI=1S/C11H24N2O2S/c1-9(7-11(15)13(2)3)12-10(8-14)5-6-16-4/h9-10,12,14H,5-8H2,1-4H3. The Morgan fingerprint density at radius 1 is 1.50 bits per heavy atom. The van der Waals surface area contributed by atoms with Crippen LogP contribution in [-0.4, -0.2) is 60.7 Å². The van der Waals surface area contributed by atoms with Crippen molar-refractivity contribution in [2.75, 3.05) is 32.7 Å². The van der Waals surface area contributed by atoms with Crippen LogP contribution in [-0.2, 0) is 4.79 Å². The van der Waals surface area contributed by atoms with Crippen LogP contribution in [0.2, 0.25) is 0 Å². The van der Waals surface area contributed by atoms with Crippen LogP contribution < -0.4 is 5.32 Å². The number of amides is 1. The molecule has 0 radical (unpaired) electrons. The zero-order valence-corrected chi connectivity index (χ0v) is 11.5. The van der Waals surface area contributed by atoms with Gasteiger partial charge < -0.3 is 15.3 Å². The smallest absolute Gasteiger partial charge is 0.223 e. The van der Waals surface area contributed by atoms with E-state index in [9.17, 15) is 9.90 Å². The Labute approximate surface area is 103 Å². The topological polar surface area (TPSA) is 52.6 Å². The van der Waals surface area contributed by atoms with Crippen LogP contribution in [0.4, 0.5) is 0 Å². The molecule has 2 N–H and O–H groups in total. The summed E-state index contributed by atoms with van der Waals surface area (Å²) in [6.45, 7) is 2.10. The molecule has 0 rings (SSSR count). The molecule has 2 atom stereocenters. The van der Waals surface area contributed by atoms with Crippen LogP contribution in [0.1, 0.15) is 19.8 Å². The SMILES string of the molecule is CSCCC(CO)NC(C)CC(=O)N(C)C. The summed E-state index contributed by atoms with van der Waals surface area (Å²) in [6.07, 6.45) is 3.45. The lowest BCUT2D eigenvalue weighted by Crippen LogP contribution is -2.41. The van der Waals surface area contributed by atoms with E-state index in [-0.39, 0.29) is 24.6 Å². The number of aliphatic hydroxyl groups is 1. The summed E-state index contributed by atoms with van der Waals surface area (Å²) in [5, 5.41) is 12.5. The zero-order chi connectivity index (χ0) is 12.6. The second-order valence-electron chi connectivity index (χ2n) is 4.22. The Morgan fingerprint density at radius 3 is 2.56 bits per heavy atom. The van der Waals surface area contributed by atoms with Crippen LogP contribution in [0.25, 0.3) is 0 Å². The van der Waals surface area contributed by atoms with Crippen molar-refractivity contribution < 1.29 is 9.90 Å². The lowest BCUT2D eigenvalue weighted by atomic mass is 10.1. The molecule has 0 bridgehead atoms. The molecule has 0 fully saturated rings. The van der Waals surface area contributed by atoms with Gasteiger partial charge in [-0.2, -0.15) is 11.8 Å². The highest BCUT2D eigenvalue weighted by molar-refractivity contribution is 7.98. The molecular formula is C11H24N2O2S. The van der Waals surface area contributed by atoms with Gasteiger partial charge in [0.2, 0.25) is 5.91 Å². The number of carbonyl (C=O) groups excluding carboxylic acids is 1. The number of aliphatic hydroxyl groups excluding tert-OH is 1. The second-order valence-corrected chi connectivity index (χ2v) is 5.21. The molecule has 0 saturated carbocycles. The molecule has 0 aliphatic carbocycles. The minimum absolute atomic E-state index is 0.0948. The first kappa shape index (κ1) is 15.7. The van der Waals surface area contributed by atoms with E-state index in [1.807, 2.05) is 13.2 Å². The van der Waals surface area contributed by atoms with E-state index in [4.69, 9.17) is 0 Å². The highest BCUT2D eigenvalue weighted by atomic mass is 32.2. The number of hydrogen-bond acceptors (Lipinski definition) is 4. The minimum Gasteiger partial charge on any atom is -0.395 e. The second kappa shape index (κ2) is 8.84. The lowest BCUT2D eigenvalue weighted by Gasteiger charge is -2.22. The molecule has 0 aliphatic rings. The molecule has 0 aromatic heterocycles. The van der Waals surface area contributed by atoms with E-state index in [0.717, 1.165) is 12.2 Å². The molecule has 0 spiro atoms. The van der Waals surface area contributed by atoms with Crippen molar-refractivity contribution in [3.63, 3.8) is 0 Å². The Hall–Kier alpha value is -0.260. The van der Waals surface area contributed by atoms with Crippen molar-refractivity contribution in [1.82, 2.24) is 10.2 Å². The summed E-state index contributed by atoms with van der Waals surface area (Å²) in [5.41, 5.74) is 0. The van der Waals surface area contributed by atoms with Gasteiger partial charge in [-0.1, -0.05) is 0 Å². The van der Waals surface area contributed by atoms with Gasteiger partial charge in [-0.15, -0.1) is 0 Å². The van der Waals surface area contributed by atoms with Crippen molar-refractivity contribution in [3.8, 4) is 0 Å². The molecule has 0 aromatic rings. The third-order valence-electron chi connectivity index (χ3n) is 2.39. The number of nitrogens with zero attached hydrogens (tertiary/aromatic N) is 1. The number of nitrogens with one attached hydrogen (secondary N) is 1. The monoisotopic (exact) mass is 248 g/mol. The predicted molar refractivity (Wildman–Crippen MR) is 69.8 cm³/mol. The molecule has 16 heavy (non-hydrogen) atoms. The predicted octanol–water partition coefficient (Wildman–Crippen LogP) is 0.557. The normalized spacial score (nSPS) is 14.6. The van der Waals surface area contributed by atoms with Crippen molar-refractivity contribution in [2.24, 2.45) is 0 Å². The maximum absolute atomic E-state index is 11.5. The highest BCUT2D eigenvalue weighted by Crippen LogP contribution is 2.03. The van der Waals surface area contributed by atoms with Crippen molar-refractivity contribution in [1.29, 1.82) is 0 Å². The summed E-state index contributed by atoms with van der Waals surface area (Å²) in [6, 6.07) is 0.200. The van der Waals surface area contributed by atoms with Crippen LogP contribution in [0.15, 0.2) is 0 Å². The van der Waals surface area contributed by atoms with Gasteiger partial charge in [-0.25, -0.2) is 0 Å². The van der Waals surface area contributed by atoms with E-state index in [0.29, 0.717) is 6.42 Å². The summed E-state index contributed by atoms with van der Waals surface area (Å²) >= 11 is 1.76. The molecule has 0 aromatic carbocycles. The molecule has 4 nitrogen and oxygen atoms in total. The molecule has 2 unspecified atom stereocenters. The van der Waals surface area contributed by atoms with Crippen molar-refractivity contribution >= 4 is 17.7 Å². The largest absolute Gasteiger partial charge is 0.395 e. The zero-order valence-electron chi connectivity index (χ0n) is 10.7. The van der Waals surface area contributed by atoms with Gasteiger partial charge in [-0.05, 0) is 25.4 Å². The molecular weight excluding hydrogens is 224 g/mol. The van der Waals surface area contributed by atoms with Crippen molar-refractivity contribution in [3.05, 3.63) is 0 Å². The number of rotatable bonds is 8. The first-order valence-corrected chi connectivity index (χ1v) is 6.96. The van der Waals surface area contributed by atoms with E-state index in [2.05, 4.69) is 5.32 Å². The van der Waals surface area contributed by atoms with Crippen LogP contribution in [0.3, 0.4) is 0 Å². The summed E-state index contributed by atoms with van der Waals surface area (Å²) in [7, 11) is 3.51. The fourth-order valence-electron chi connectivity index (χ4n) is 1.39. The van der Waals surface area contributed by atoms with Gasteiger partial charge >= 0.3 is 0 Å². The first-order valence-electron chi connectivity index (χ1n) is 5.57. The molecule has 1 amide bonds. The maximum Gasteiger partial charge on any atom is 0.223 e. The number of hydrogen-bond donors (Lipinski definition) is 2. The van der Waals surface area contributed by atoms with Gasteiger partial charge in [-0.3, -0.25) is 4.79 Å². The fraction of sp³-hybridized carbons (Fsp3) is 0.909. The summed E-state index contributed by atoms with van der Waals surface area (Å²) in [5.74, 6) is 1.13. The third-order valence-corrected chi connectivity index (χ3v) is 3.03. The van der Waals surface area contributed by atoms with Crippen LogP contribution in [0.5, 0.6) is 0 Å². The average molecular weight is 248 g/mol. The van der Waals surface area contributed by atoms with Crippen LogP contribution in [0, 0.1) is 0 Å². The molecule has 0 heterocycles. The lowest BCUT2D eigenvalue weighted by molar-refractivity contribution is -0.129. The average Bonchev–Trinajstić information content (AvgIpc) is 2.23.